The number of aromatic nitrogens is 1. The summed E-state index contributed by atoms with van der Waals surface area (Å²) in [5.74, 6) is -1.11. The van der Waals surface area contributed by atoms with Crippen LogP contribution >= 0.6 is 11.3 Å². The quantitative estimate of drug-likeness (QED) is 0.905. The number of amides is 1. The molecule has 0 radical (unpaired) electrons. The van der Waals surface area contributed by atoms with E-state index in [1.165, 1.54) is 17.5 Å². The molecular formula is C14H12N2O3S. The van der Waals surface area contributed by atoms with Crippen LogP contribution in [0.15, 0.2) is 30.5 Å². The zero-order valence-electron chi connectivity index (χ0n) is 10.7. The molecule has 0 fully saturated rings. The molecular weight excluding hydrogens is 276 g/mol. The third kappa shape index (κ3) is 3.30. The number of thiazole rings is 1. The third-order valence-electron chi connectivity index (χ3n) is 2.55. The number of hydrogen-bond donors (Lipinski definition) is 2. The minimum atomic E-state index is -0.948. The number of nitrogens with one attached hydrogen (secondary N) is 1. The van der Waals surface area contributed by atoms with E-state index in [1.807, 2.05) is 6.08 Å². The van der Waals surface area contributed by atoms with Crippen molar-refractivity contribution in [1.82, 2.24) is 10.3 Å². The summed E-state index contributed by atoms with van der Waals surface area (Å²) in [6.45, 7) is 0. The first-order chi connectivity index (χ1) is 9.60. The second-order valence-corrected chi connectivity index (χ2v) is 4.96. The lowest BCUT2D eigenvalue weighted by Gasteiger charge is -1.95. The van der Waals surface area contributed by atoms with E-state index in [1.54, 1.807) is 37.4 Å². The Labute approximate surface area is 119 Å². The van der Waals surface area contributed by atoms with Gasteiger partial charge in [0.1, 0.15) is 9.88 Å². The van der Waals surface area contributed by atoms with E-state index in [9.17, 15) is 9.59 Å². The maximum absolute atomic E-state index is 11.4. The average molecular weight is 288 g/mol. The maximum atomic E-state index is 11.4. The largest absolute Gasteiger partial charge is 0.478 e. The number of hydrogen-bond acceptors (Lipinski definition) is 4. The number of nitrogens with zero attached hydrogens (tertiary/aromatic N) is 1. The Kier molecular flexibility index (Phi) is 4.27. The zero-order chi connectivity index (χ0) is 14.5. The van der Waals surface area contributed by atoms with Crippen LogP contribution in [0.3, 0.4) is 0 Å². The molecule has 2 aromatic rings. The van der Waals surface area contributed by atoms with E-state index in [2.05, 4.69) is 10.3 Å². The molecule has 0 atom stereocenters. The fourth-order valence-corrected chi connectivity index (χ4v) is 2.26. The summed E-state index contributed by atoms with van der Waals surface area (Å²) in [4.78, 5) is 26.8. The molecule has 0 spiro atoms. The molecule has 1 aromatic heterocycles. The number of carboxylic acids is 1. The van der Waals surface area contributed by atoms with Crippen molar-refractivity contribution in [2.45, 2.75) is 0 Å². The number of carbonyl (C=O) groups excluding carboxylic acids is 1. The Bertz CT molecular complexity index is 659. The maximum Gasteiger partial charge on any atom is 0.335 e. The van der Waals surface area contributed by atoms with Gasteiger partial charge in [-0.25, -0.2) is 9.78 Å². The Morgan fingerprint density at radius 3 is 2.55 bits per heavy atom. The monoisotopic (exact) mass is 288 g/mol. The van der Waals surface area contributed by atoms with Gasteiger partial charge in [0, 0.05) is 7.05 Å². The van der Waals surface area contributed by atoms with Gasteiger partial charge in [0.05, 0.1) is 11.8 Å². The summed E-state index contributed by atoms with van der Waals surface area (Å²) < 4.78 is 0. The first-order valence-corrected chi connectivity index (χ1v) is 6.61. The van der Waals surface area contributed by atoms with E-state index < -0.39 is 5.97 Å². The Balaban J connectivity index is 2.11. The van der Waals surface area contributed by atoms with Crippen LogP contribution in [-0.2, 0) is 0 Å². The molecule has 5 nitrogen and oxygen atoms in total. The molecule has 0 unspecified atom stereocenters. The topological polar surface area (TPSA) is 79.3 Å². The third-order valence-corrected chi connectivity index (χ3v) is 3.51. The van der Waals surface area contributed by atoms with E-state index >= 15 is 0 Å². The first-order valence-electron chi connectivity index (χ1n) is 5.79. The highest BCUT2D eigenvalue weighted by Gasteiger charge is 2.06. The standard InChI is InChI=1S/C14H12N2O3S/c1-15-13(17)11-8-16-12(20-11)7-4-9-2-5-10(6-3-9)14(18)19/h2-8H,1H3,(H,15,17)(H,18,19)/b7-4+. The highest BCUT2D eigenvalue weighted by atomic mass is 32.1. The minimum absolute atomic E-state index is 0.159. The molecule has 102 valence electrons. The molecule has 2 rings (SSSR count). The number of benzene rings is 1. The van der Waals surface area contributed by atoms with E-state index in [4.69, 9.17) is 5.11 Å². The van der Waals surface area contributed by atoms with Crippen LogP contribution in [0.5, 0.6) is 0 Å². The summed E-state index contributed by atoms with van der Waals surface area (Å²) in [6.07, 6.45) is 5.13. The lowest BCUT2D eigenvalue weighted by molar-refractivity contribution is 0.0696. The molecule has 1 aromatic carbocycles. The van der Waals surface area contributed by atoms with Crippen LogP contribution < -0.4 is 5.32 Å². The van der Waals surface area contributed by atoms with Crippen molar-refractivity contribution in [3.63, 3.8) is 0 Å². The van der Waals surface area contributed by atoms with Crippen molar-refractivity contribution in [2.24, 2.45) is 0 Å². The molecule has 0 saturated carbocycles. The van der Waals surface area contributed by atoms with Gasteiger partial charge in [-0.1, -0.05) is 18.2 Å². The number of carboxylic acid groups (broad SMARTS) is 1. The molecule has 0 aliphatic rings. The normalized spacial score (nSPS) is 10.7. The predicted octanol–water partition coefficient (Wildman–Crippen LogP) is 2.37. The van der Waals surface area contributed by atoms with Gasteiger partial charge in [0.15, 0.2) is 0 Å². The van der Waals surface area contributed by atoms with Gasteiger partial charge in [-0.3, -0.25) is 4.79 Å². The second kappa shape index (κ2) is 6.12. The fourth-order valence-electron chi connectivity index (χ4n) is 1.50. The van der Waals surface area contributed by atoms with Gasteiger partial charge < -0.3 is 10.4 Å². The van der Waals surface area contributed by atoms with Gasteiger partial charge in [0.2, 0.25) is 0 Å². The van der Waals surface area contributed by atoms with E-state index in [-0.39, 0.29) is 11.5 Å². The van der Waals surface area contributed by atoms with Gasteiger partial charge in [-0.15, -0.1) is 11.3 Å². The van der Waals surface area contributed by atoms with Crippen molar-refractivity contribution in [2.75, 3.05) is 7.05 Å². The molecule has 20 heavy (non-hydrogen) atoms. The van der Waals surface area contributed by atoms with Gasteiger partial charge in [-0.2, -0.15) is 0 Å². The van der Waals surface area contributed by atoms with E-state index in [0.717, 1.165) is 5.56 Å². The molecule has 0 aliphatic heterocycles. The summed E-state index contributed by atoms with van der Waals surface area (Å²) in [6, 6.07) is 6.51. The van der Waals surface area contributed by atoms with Crippen LogP contribution in [0.1, 0.15) is 30.6 Å². The highest BCUT2D eigenvalue weighted by molar-refractivity contribution is 7.14. The van der Waals surface area contributed by atoms with E-state index in [0.29, 0.717) is 9.88 Å². The van der Waals surface area contributed by atoms with Crippen molar-refractivity contribution < 1.29 is 14.7 Å². The molecule has 0 saturated heterocycles. The lowest BCUT2D eigenvalue weighted by Crippen LogP contribution is -2.16. The molecule has 1 amide bonds. The molecule has 0 bridgehead atoms. The number of aromatic carboxylic acids is 1. The Hall–Kier alpha value is -2.47. The van der Waals surface area contributed by atoms with Crippen LogP contribution in [-0.4, -0.2) is 29.0 Å². The van der Waals surface area contributed by atoms with Gasteiger partial charge in [0.25, 0.3) is 5.91 Å². The predicted molar refractivity (Wildman–Crippen MR) is 77.8 cm³/mol. The van der Waals surface area contributed by atoms with Crippen molar-refractivity contribution in [3.05, 3.63) is 51.5 Å². The highest BCUT2D eigenvalue weighted by Crippen LogP contribution is 2.16. The lowest BCUT2D eigenvalue weighted by atomic mass is 10.1. The molecule has 1 heterocycles. The van der Waals surface area contributed by atoms with Gasteiger partial charge >= 0.3 is 5.97 Å². The molecule has 6 heteroatoms. The van der Waals surface area contributed by atoms with Crippen molar-refractivity contribution in [1.29, 1.82) is 0 Å². The molecule has 0 aliphatic carbocycles. The fraction of sp³-hybridized carbons (Fsp3) is 0.0714. The van der Waals surface area contributed by atoms with Crippen LogP contribution in [0.2, 0.25) is 0 Å². The SMILES string of the molecule is CNC(=O)c1cnc(/C=C/c2ccc(C(=O)O)cc2)s1. The van der Waals surface area contributed by atoms with Crippen LogP contribution in [0.25, 0.3) is 12.2 Å². The molecule has 2 N–H and O–H groups in total. The number of carbonyl (C=O) groups is 2. The second-order valence-electron chi connectivity index (χ2n) is 3.90. The summed E-state index contributed by atoms with van der Waals surface area (Å²) in [5, 5.41) is 12.0. The Morgan fingerprint density at radius 2 is 1.95 bits per heavy atom. The van der Waals surface area contributed by atoms with Crippen LogP contribution in [0.4, 0.5) is 0 Å². The minimum Gasteiger partial charge on any atom is -0.478 e. The van der Waals surface area contributed by atoms with Crippen molar-refractivity contribution in [3.8, 4) is 0 Å². The summed E-state index contributed by atoms with van der Waals surface area (Å²) in [7, 11) is 1.57. The smallest absolute Gasteiger partial charge is 0.335 e. The number of rotatable bonds is 4. The zero-order valence-corrected chi connectivity index (χ0v) is 11.5. The van der Waals surface area contributed by atoms with Crippen LogP contribution in [0, 0.1) is 0 Å². The summed E-state index contributed by atoms with van der Waals surface area (Å²) in [5.41, 5.74) is 1.12. The van der Waals surface area contributed by atoms with Crippen molar-refractivity contribution >= 4 is 35.4 Å². The Morgan fingerprint density at radius 1 is 1.25 bits per heavy atom. The summed E-state index contributed by atoms with van der Waals surface area (Å²) >= 11 is 1.29. The van der Waals surface area contributed by atoms with Gasteiger partial charge in [-0.05, 0) is 23.8 Å². The average Bonchev–Trinajstić information content (AvgIpc) is 2.93. The first kappa shape index (κ1) is 14.0.